The van der Waals surface area contributed by atoms with Gasteiger partial charge in [0, 0.05) is 12.1 Å². The second-order valence-electron chi connectivity index (χ2n) is 3.95. The summed E-state index contributed by atoms with van der Waals surface area (Å²) in [6, 6.07) is 2.04. The van der Waals surface area contributed by atoms with Crippen LogP contribution in [0.2, 0.25) is 0 Å². The van der Waals surface area contributed by atoms with E-state index in [1.54, 1.807) is 0 Å². The van der Waals surface area contributed by atoms with Crippen molar-refractivity contribution in [2.45, 2.75) is 17.9 Å². The Morgan fingerprint density at radius 2 is 1.89 bits per heavy atom. The molecular weight excluding hydrogens is 272 g/mol. The number of hydrogen-bond donors (Lipinski definition) is 3. The summed E-state index contributed by atoms with van der Waals surface area (Å²) in [5.74, 6) is 0.440. The van der Waals surface area contributed by atoms with Crippen molar-refractivity contribution in [3.8, 4) is 11.5 Å². The van der Waals surface area contributed by atoms with Gasteiger partial charge in [-0.05, 0) is 13.0 Å². The predicted octanol–water partition coefficient (Wildman–Crippen LogP) is -0.0549. The van der Waals surface area contributed by atoms with Gasteiger partial charge in [0.25, 0.3) is 0 Å². The first-order valence-corrected chi connectivity index (χ1v) is 6.98. The van der Waals surface area contributed by atoms with Crippen LogP contribution in [0.15, 0.2) is 17.0 Å². The molecule has 1 aromatic rings. The number of benzene rings is 1. The summed E-state index contributed by atoms with van der Waals surface area (Å²) in [5.41, 5.74) is 5.87. The summed E-state index contributed by atoms with van der Waals surface area (Å²) < 4.78 is 36.6. The van der Waals surface area contributed by atoms with Gasteiger partial charge < -0.3 is 20.3 Å². The van der Waals surface area contributed by atoms with Gasteiger partial charge in [-0.25, -0.2) is 13.1 Å². The Balaban J connectivity index is 3.29. The standard InChI is InChI=1S/C11H18N2O5S/c1-7(6-14)13-19(15,16)11-4-8(12)9(17-2)5-10(11)18-3/h4-5,7,13-14H,6,12H2,1-3H3. The first kappa shape index (κ1) is 15.5. The van der Waals surface area contributed by atoms with Crippen molar-refractivity contribution in [1.82, 2.24) is 4.72 Å². The highest BCUT2D eigenvalue weighted by Gasteiger charge is 2.23. The maximum absolute atomic E-state index is 12.1. The highest BCUT2D eigenvalue weighted by atomic mass is 32.2. The molecule has 0 saturated heterocycles. The summed E-state index contributed by atoms with van der Waals surface area (Å²) in [4.78, 5) is -0.103. The number of nitrogen functional groups attached to an aromatic ring is 1. The smallest absolute Gasteiger partial charge is 0.244 e. The van der Waals surface area contributed by atoms with Gasteiger partial charge in [-0.3, -0.25) is 0 Å². The minimum absolute atomic E-state index is 0.103. The summed E-state index contributed by atoms with van der Waals surface area (Å²) in [7, 11) is -1.06. The van der Waals surface area contributed by atoms with Gasteiger partial charge >= 0.3 is 0 Å². The minimum atomic E-state index is -3.83. The van der Waals surface area contributed by atoms with Crippen molar-refractivity contribution >= 4 is 15.7 Å². The van der Waals surface area contributed by atoms with Crippen molar-refractivity contribution in [3.63, 3.8) is 0 Å². The predicted molar refractivity (Wildman–Crippen MR) is 70.8 cm³/mol. The zero-order valence-corrected chi connectivity index (χ0v) is 11.8. The Bertz CT molecular complexity index is 544. The van der Waals surface area contributed by atoms with Crippen molar-refractivity contribution in [2.24, 2.45) is 0 Å². The number of rotatable bonds is 6. The monoisotopic (exact) mass is 290 g/mol. The van der Waals surface area contributed by atoms with Crippen LogP contribution < -0.4 is 19.9 Å². The van der Waals surface area contributed by atoms with Crippen LogP contribution in [0.4, 0.5) is 5.69 Å². The molecule has 0 saturated carbocycles. The molecule has 0 aliphatic heterocycles. The maximum Gasteiger partial charge on any atom is 0.244 e. The number of aliphatic hydroxyl groups excluding tert-OH is 1. The van der Waals surface area contributed by atoms with E-state index in [0.717, 1.165) is 0 Å². The van der Waals surface area contributed by atoms with Gasteiger partial charge in [0.05, 0.1) is 26.5 Å². The fourth-order valence-corrected chi connectivity index (χ4v) is 2.89. The molecule has 108 valence electrons. The fourth-order valence-electron chi connectivity index (χ4n) is 1.47. The van der Waals surface area contributed by atoms with Gasteiger partial charge in [0.1, 0.15) is 16.4 Å². The molecule has 0 amide bonds. The molecular formula is C11H18N2O5S. The lowest BCUT2D eigenvalue weighted by molar-refractivity contribution is 0.265. The van der Waals surface area contributed by atoms with Crippen LogP contribution in [-0.2, 0) is 10.0 Å². The first-order chi connectivity index (χ1) is 8.85. The summed E-state index contributed by atoms with van der Waals surface area (Å²) in [5, 5.41) is 8.91. The molecule has 1 atom stereocenters. The van der Waals surface area contributed by atoms with Gasteiger partial charge in [-0.2, -0.15) is 0 Å². The first-order valence-electron chi connectivity index (χ1n) is 5.50. The Kier molecular flexibility index (Phi) is 4.98. The van der Waals surface area contributed by atoms with E-state index in [4.69, 9.17) is 20.3 Å². The van der Waals surface area contributed by atoms with E-state index in [9.17, 15) is 8.42 Å². The van der Waals surface area contributed by atoms with E-state index in [1.807, 2.05) is 0 Å². The second-order valence-corrected chi connectivity index (χ2v) is 5.63. The highest BCUT2D eigenvalue weighted by molar-refractivity contribution is 7.89. The molecule has 0 radical (unpaired) electrons. The van der Waals surface area contributed by atoms with E-state index >= 15 is 0 Å². The third-order valence-electron chi connectivity index (χ3n) is 2.44. The van der Waals surface area contributed by atoms with Crippen LogP contribution in [0, 0.1) is 0 Å². The number of hydrogen-bond acceptors (Lipinski definition) is 6. The van der Waals surface area contributed by atoms with Crippen molar-refractivity contribution < 1.29 is 23.0 Å². The van der Waals surface area contributed by atoms with Crippen molar-refractivity contribution in [3.05, 3.63) is 12.1 Å². The van der Waals surface area contributed by atoms with Crippen molar-refractivity contribution in [1.29, 1.82) is 0 Å². The maximum atomic E-state index is 12.1. The molecule has 0 bridgehead atoms. The van der Waals surface area contributed by atoms with E-state index < -0.39 is 16.1 Å². The summed E-state index contributed by atoms with van der Waals surface area (Å²) >= 11 is 0. The molecule has 1 rings (SSSR count). The average Bonchev–Trinajstić information content (AvgIpc) is 2.37. The fraction of sp³-hybridized carbons (Fsp3) is 0.455. The van der Waals surface area contributed by atoms with E-state index in [-0.39, 0.29) is 22.9 Å². The number of nitrogens with two attached hydrogens (primary N) is 1. The molecule has 1 unspecified atom stereocenters. The lowest BCUT2D eigenvalue weighted by Crippen LogP contribution is -2.35. The Morgan fingerprint density at radius 3 is 2.37 bits per heavy atom. The molecule has 0 spiro atoms. The number of anilines is 1. The lowest BCUT2D eigenvalue weighted by Gasteiger charge is -2.16. The van der Waals surface area contributed by atoms with Gasteiger partial charge in [-0.1, -0.05) is 0 Å². The van der Waals surface area contributed by atoms with Gasteiger partial charge in [-0.15, -0.1) is 0 Å². The third kappa shape index (κ3) is 3.49. The molecule has 4 N–H and O–H groups in total. The molecule has 0 aromatic heterocycles. The molecule has 1 aromatic carbocycles. The number of nitrogens with one attached hydrogen (secondary N) is 1. The summed E-state index contributed by atoms with van der Waals surface area (Å²) in [6.45, 7) is 1.23. The third-order valence-corrected chi connectivity index (χ3v) is 4.05. The average molecular weight is 290 g/mol. The van der Waals surface area contributed by atoms with Crippen LogP contribution in [0.1, 0.15) is 6.92 Å². The summed E-state index contributed by atoms with van der Waals surface area (Å²) in [6.07, 6.45) is 0. The topological polar surface area (TPSA) is 111 Å². The normalized spacial score (nSPS) is 13.1. The minimum Gasteiger partial charge on any atom is -0.495 e. The Labute approximate surface area is 112 Å². The number of ether oxygens (including phenoxy) is 2. The zero-order chi connectivity index (χ0) is 14.6. The molecule has 19 heavy (non-hydrogen) atoms. The van der Waals surface area contributed by atoms with Crippen LogP contribution >= 0.6 is 0 Å². The molecule has 0 fully saturated rings. The number of methoxy groups -OCH3 is 2. The van der Waals surface area contributed by atoms with E-state index in [0.29, 0.717) is 5.75 Å². The number of aliphatic hydroxyl groups is 1. The van der Waals surface area contributed by atoms with E-state index in [2.05, 4.69) is 4.72 Å². The molecule has 7 nitrogen and oxygen atoms in total. The quantitative estimate of drug-likeness (QED) is 0.633. The van der Waals surface area contributed by atoms with Crippen molar-refractivity contribution in [2.75, 3.05) is 26.6 Å². The second kappa shape index (κ2) is 6.09. The molecule has 8 heteroatoms. The Morgan fingerprint density at radius 1 is 1.32 bits per heavy atom. The van der Waals surface area contributed by atoms with Crippen LogP contribution in [0.25, 0.3) is 0 Å². The van der Waals surface area contributed by atoms with Crippen LogP contribution in [-0.4, -0.2) is 40.4 Å². The van der Waals surface area contributed by atoms with E-state index in [1.165, 1.54) is 33.3 Å². The Hall–Kier alpha value is -1.51. The SMILES string of the molecule is COc1cc(OC)c(S(=O)(=O)NC(C)CO)cc1N. The molecule has 0 heterocycles. The zero-order valence-electron chi connectivity index (χ0n) is 11.0. The molecule has 0 aliphatic carbocycles. The van der Waals surface area contributed by atoms with Crippen LogP contribution in [0.3, 0.4) is 0 Å². The van der Waals surface area contributed by atoms with Crippen LogP contribution in [0.5, 0.6) is 11.5 Å². The molecule has 0 aliphatic rings. The highest BCUT2D eigenvalue weighted by Crippen LogP contribution is 2.33. The largest absolute Gasteiger partial charge is 0.495 e. The van der Waals surface area contributed by atoms with Gasteiger partial charge in [0.2, 0.25) is 10.0 Å². The van der Waals surface area contributed by atoms with Gasteiger partial charge in [0.15, 0.2) is 0 Å². The number of sulfonamides is 1. The lowest BCUT2D eigenvalue weighted by atomic mass is 10.3.